The highest BCUT2D eigenvalue weighted by Gasteiger charge is 2.58. The zero-order valence-electron chi connectivity index (χ0n) is 28.1. The summed E-state index contributed by atoms with van der Waals surface area (Å²) >= 11 is 0. The van der Waals surface area contributed by atoms with Gasteiger partial charge in [0.05, 0.1) is 0 Å². The molecule has 0 radical (unpaired) electrons. The van der Waals surface area contributed by atoms with Gasteiger partial charge in [-0.15, -0.1) is 0 Å². The predicted molar refractivity (Wildman–Crippen MR) is 183 cm³/mol. The van der Waals surface area contributed by atoms with Crippen molar-refractivity contribution in [1.82, 2.24) is 14.9 Å². The first-order chi connectivity index (χ1) is 21.9. The minimum Gasteiger partial charge on any atom is -0.356 e. The van der Waals surface area contributed by atoms with Gasteiger partial charge in [0.15, 0.2) is 5.78 Å². The largest absolute Gasteiger partial charge is 0.356 e. The van der Waals surface area contributed by atoms with Crippen LogP contribution in [0, 0.1) is 34.5 Å². The normalized spacial score (nSPS) is 36.7. The molecule has 7 nitrogen and oxygen atoms in total. The third-order valence-corrected chi connectivity index (χ3v) is 14.0. The lowest BCUT2D eigenvalue weighted by Crippen LogP contribution is -2.49. The third kappa shape index (κ3) is 5.43. The van der Waals surface area contributed by atoms with Crippen molar-refractivity contribution in [3.63, 3.8) is 0 Å². The van der Waals surface area contributed by atoms with Gasteiger partial charge in [0.25, 0.3) is 0 Å². The second-order valence-corrected chi connectivity index (χ2v) is 16.2. The summed E-state index contributed by atoms with van der Waals surface area (Å²) in [5, 5.41) is 0. The number of hydrogen-bond acceptors (Lipinski definition) is 7. The van der Waals surface area contributed by atoms with E-state index in [2.05, 4.69) is 45.6 Å². The van der Waals surface area contributed by atoms with Gasteiger partial charge in [-0.25, -0.2) is 0 Å². The molecule has 0 N–H and O–H groups in total. The fourth-order valence-electron chi connectivity index (χ4n) is 11.3. The Morgan fingerprint density at radius 3 is 2.22 bits per heavy atom. The maximum Gasteiger partial charge on any atom is 0.229 e. The molecule has 244 valence electrons. The minimum absolute atomic E-state index is 0.121. The number of ketones is 1. The van der Waals surface area contributed by atoms with Gasteiger partial charge in [-0.2, -0.15) is 9.97 Å². The van der Waals surface area contributed by atoms with Crippen molar-refractivity contribution in [3.8, 4) is 0 Å². The zero-order chi connectivity index (χ0) is 30.6. The van der Waals surface area contributed by atoms with Crippen LogP contribution in [0.25, 0.3) is 0 Å². The molecule has 45 heavy (non-hydrogen) atoms. The van der Waals surface area contributed by atoms with Crippen LogP contribution < -0.4 is 14.7 Å². The molecule has 3 saturated carbocycles. The molecule has 4 heterocycles. The van der Waals surface area contributed by atoms with Crippen LogP contribution in [0.3, 0.4) is 0 Å². The number of piperazine rings is 1. The molecule has 3 aliphatic heterocycles. The van der Waals surface area contributed by atoms with E-state index in [9.17, 15) is 4.79 Å². The molecule has 0 aromatic carbocycles. The second kappa shape index (κ2) is 12.0. The average Bonchev–Trinajstić information content (AvgIpc) is 3.84. The molecule has 4 aliphatic carbocycles. The van der Waals surface area contributed by atoms with Crippen molar-refractivity contribution in [3.05, 3.63) is 29.9 Å². The number of nitrogens with zero attached hydrogens (tertiary/aromatic N) is 6. The van der Waals surface area contributed by atoms with Crippen LogP contribution in [0.2, 0.25) is 0 Å². The van der Waals surface area contributed by atoms with Gasteiger partial charge in [0.2, 0.25) is 5.95 Å². The molecule has 1 aromatic heterocycles. The highest BCUT2D eigenvalue weighted by molar-refractivity contribution is 6.01. The highest BCUT2D eigenvalue weighted by atomic mass is 16.1. The van der Waals surface area contributed by atoms with Gasteiger partial charge in [-0.3, -0.25) is 9.69 Å². The molecule has 6 atom stereocenters. The lowest BCUT2D eigenvalue weighted by Gasteiger charge is -2.57. The fraction of sp³-hybridized carbons (Fsp3) is 0.763. The minimum atomic E-state index is 0.121. The topological polar surface area (TPSA) is 55.8 Å². The molecule has 0 spiro atoms. The summed E-state index contributed by atoms with van der Waals surface area (Å²) in [6, 6.07) is 2.28. The molecular formula is C38H56N6O. The molecular weight excluding hydrogens is 556 g/mol. The van der Waals surface area contributed by atoms with Crippen molar-refractivity contribution in [2.24, 2.45) is 34.5 Å². The molecule has 1 aromatic rings. The quantitative estimate of drug-likeness (QED) is 0.348. The van der Waals surface area contributed by atoms with Crippen LogP contribution in [-0.2, 0) is 4.79 Å². The van der Waals surface area contributed by atoms with Crippen LogP contribution in [0.4, 0.5) is 17.6 Å². The molecule has 0 amide bonds. The second-order valence-electron chi connectivity index (χ2n) is 16.2. The van der Waals surface area contributed by atoms with Crippen molar-refractivity contribution in [2.45, 2.75) is 90.9 Å². The summed E-state index contributed by atoms with van der Waals surface area (Å²) < 4.78 is 0. The zero-order valence-corrected chi connectivity index (χ0v) is 28.1. The number of rotatable bonds is 7. The third-order valence-electron chi connectivity index (χ3n) is 14.0. The Balaban J connectivity index is 0.856. The summed E-state index contributed by atoms with van der Waals surface area (Å²) in [5.74, 6) is 6.76. The Kier molecular flexibility index (Phi) is 7.98. The van der Waals surface area contributed by atoms with E-state index in [1.165, 1.54) is 82.7 Å². The molecule has 6 fully saturated rings. The smallest absolute Gasteiger partial charge is 0.229 e. The maximum atomic E-state index is 12.1. The number of carbonyl (C=O) groups excluding carboxylic acids is 1. The Morgan fingerprint density at radius 2 is 1.49 bits per heavy atom. The molecule has 0 unspecified atom stereocenters. The van der Waals surface area contributed by atoms with Gasteiger partial charge in [0, 0.05) is 63.8 Å². The Hall–Kier alpha value is -2.41. The summed E-state index contributed by atoms with van der Waals surface area (Å²) in [7, 11) is 0. The summed E-state index contributed by atoms with van der Waals surface area (Å²) in [5.41, 5.74) is 2.06. The average molecular weight is 613 g/mol. The summed E-state index contributed by atoms with van der Waals surface area (Å²) in [6.45, 7) is 15.2. The molecule has 3 saturated heterocycles. The Labute approximate surface area is 271 Å². The van der Waals surface area contributed by atoms with E-state index < -0.39 is 0 Å². The van der Waals surface area contributed by atoms with Crippen LogP contribution >= 0.6 is 0 Å². The number of anilines is 3. The fourth-order valence-corrected chi connectivity index (χ4v) is 11.3. The first-order valence-corrected chi connectivity index (χ1v) is 18.7. The Bertz CT molecular complexity index is 1290. The number of fused-ring (bicyclic) bond motifs is 5. The van der Waals surface area contributed by atoms with E-state index >= 15 is 0 Å². The highest BCUT2D eigenvalue weighted by Crippen LogP contribution is 2.66. The number of aromatic nitrogens is 2. The van der Waals surface area contributed by atoms with E-state index in [4.69, 9.17) is 9.97 Å². The van der Waals surface area contributed by atoms with Crippen LogP contribution in [0.5, 0.6) is 0 Å². The summed E-state index contributed by atoms with van der Waals surface area (Å²) in [4.78, 5) is 32.4. The Morgan fingerprint density at radius 1 is 0.800 bits per heavy atom. The van der Waals surface area contributed by atoms with Crippen molar-refractivity contribution >= 4 is 23.4 Å². The van der Waals surface area contributed by atoms with Crippen molar-refractivity contribution in [1.29, 1.82) is 0 Å². The van der Waals surface area contributed by atoms with E-state index in [-0.39, 0.29) is 11.2 Å². The maximum absolute atomic E-state index is 12.1. The number of allylic oxidation sites excluding steroid dienone is 4. The number of hydrogen-bond donors (Lipinski definition) is 0. The standard InChI is InChI=1S/C38H56N6O/c1-37-16-14-33-31(11-9-29-26-30(45)13-15-38(29,33)2)32(37)12-10-28(37)8-7-17-41-22-24-43(25-23-41)35-27-34(42-18-3-4-19-42)39-36(40-35)44-20-5-6-21-44/h13,15,26-28,31-33H,3-12,14,16-25H2,1-2H3/t28-,31-,32-,33-,37+,38-/m0/s1. The van der Waals surface area contributed by atoms with Gasteiger partial charge in [-0.05, 0) is 125 Å². The number of carbonyl (C=O) groups is 1. The first kappa shape index (κ1) is 30.0. The van der Waals surface area contributed by atoms with Gasteiger partial charge >= 0.3 is 0 Å². The predicted octanol–water partition coefficient (Wildman–Crippen LogP) is 6.50. The van der Waals surface area contributed by atoms with Gasteiger partial charge in [0.1, 0.15) is 11.6 Å². The van der Waals surface area contributed by atoms with Crippen LogP contribution in [-0.4, -0.2) is 79.6 Å². The lowest BCUT2D eigenvalue weighted by atomic mass is 9.47. The van der Waals surface area contributed by atoms with Crippen LogP contribution in [0.1, 0.15) is 90.9 Å². The molecule has 0 bridgehead atoms. The monoisotopic (exact) mass is 612 g/mol. The molecule has 8 rings (SSSR count). The van der Waals surface area contributed by atoms with Gasteiger partial charge < -0.3 is 14.7 Å². The lowest BCUT2D eigenvalue weighted by molar-refractivity contribution is -0.111. The van der Waals surface area contributed by atoms with E-state index in [0.717, 1.165) is 100 Å². The summed E-state index contributed by atoms with van der Waals surface area (Å²) in [6.07, 6.45) is 21.9. The van der Waals surface area contributed by atoms with Crippen LogP contribution in [0.15, 0.2) is 29.9 Å². The van der Waals surface area contributed by atoms with E-state index in [0.29, 0.717) is 5.41 Å². The first-order valence-electron chi connectivity index (χ1n) is 18.7. The van der Waals surface area contributed by atoms with E-state index in [1.807, 2.05) is 12.2 Å². The van der Waals surface area contributed by atoms with E-state index in [1.54, 1.807) is 0 Å². The van der Waals surface area contributed by atoms with Crippen molar-refractivity contribution in [2.75, 3.05) is 73.6 Å². The molecule has 7 aliphatic rings. The van der Waals surface area contributed by atoms with Gasteiger partial charge in [-0.1, -0.05) is 25.5 Å². The van der Waals surface area contributed by atoms with Crippen molar-refractivity contribution < 1.29 is 4.79 Å². The SMILES string of the molecule is C[C@]12CC[C@H]3[C@@H](CCC4=CC(=O)C=C[C@@]43C)[C@@H]1CC[C@@H]2CCCN1CCN(c2cc(N3CCCC3)nc(N3CCCC3)n2)CC1. The molecule has 7 heteroatoms.